The Morgan fingerprint density at radius 3 is 1.83 bits per heavy atom. The Labute approximate surface area is 204 Å². The van der Waals surface area contributed by atoms with Crippen molar-refractivity contribution in [3.63, 3.8) is 0 Å². The normalized spacial score (nSPS) is 18.6. The molecule has 0 spiro atoms. The number of ether oxygens (including phenoxy) is 3. The van der Waals surface area contributed by atoms with E-state index in [1.54, 1.807) is 0 Å². The molecular weight excluding hydrogens is 444 g/mol. The van der Waals surface area contributed by atoms with Crippen molar-refractivity contribution in [2.45, 2.75) is 44.1 Å². The molecule has 0 aliphatic carbocycles. The molecule has 35 heavy (non-hydrogen) atoms. The summed E-state index contributed by atoms with van der Waals surface area (Å²) >= 11 is 0. The molecule has 180 valence electrons. The Balaban J connectivity index is 1.52. The van der Waals surface area contributed by atoms with Crippen LogP contribution in [0.5, 0.6) is 0 Å². The third-order valence-electron chi connectivity index (χ3n) is 5.80. The molecule has 0 aromatic heterocycles. The lowest BCUT2D eigenvalue weighted by molar-refractivity contribution is -0.154. The smallest absolute Gasteiger partial charge is 0.231 e. The number of carbonyl (C=O) groups is 1. The molecule has 1 N–H and O–H groups in total. The van der Waals surface area contributed by atoms with Gasteiger partial charge in [-0.15, -0.1) is 0 Å². The number of β-lactam (4-membered cyclic amide) rings is 1. The van der Waals surface area contributed by atoms with Crippen LogP contribution in [0.15, 0.2) is 96.1 Å². The number of hydrogen-bond donors (Lipinski definition) is 1. The number of amides is 1. The van der Waals surface area contributed by atoms with Gasteiger partial charge in [0.1, 0.15) is 18.2 Å². The number of hydrogen-bond acceptors (Lipinski definition) is 5. The van der Waals surface area contributed by atoms with Crippen LogP contribution >= 0.6 is 0 Å². The summed E-state index contributed by atoms with van der Waals surface area (Å²) in [5.41, 5.74) is 12.0. The number of nitrogens with zero attached hydrogens (tertiary/aromatic N) is 3. The molecule has 0 unspecified atom stereocenters. The average molecular weight is 473 g/mol. The van der Waals surface area contributed by atoms with E-state index in [0.717, 1.165) is 16.7 Å². The SMILES string of the molecule is [N-]=[N+]=N[C@H]1C(=O)N[C@@H]1[C@H](OCc1ccccc1)[C@@H](COCc1ccccc1)OCc1ccccc1. The summed E-state index contributed by atoms with van der Waals surface area (Å²) in [5.74, 6) is -0.326. The van der Waals surface area contributed by atoms with Crippen molar-refractivity contribution in [3.8, 4) is 0 Å². The Bertz CT molecular complexity index is 1110. The molecule has 0 radical (unpaired) electrons. The summed E-state index contributed by atoms with van der Waals surface area (Å²) in [6.07, 6.45) is -1.12. The molecule has 4 atom stereocenters. The first kappa shape index (κ1) is 24.4. The van der Waals surface area contributed by atoms with Gasteiger partial charge in [-0.3, -0.25) is 4.79 Å². The van der Waals surface area contributed by atoms with Crippen molar-refractivity contribution in [1.82, 2.24) is 5.32 Å². The predicted molar refractivity (Wildman–Crippen MR) is 131 cm³/mol. The molecule has 3 aromatic rings. The van der Waals surface area contributed by atoms with Crippen LogP contribution in [-0.2, 0) is 38.8 Å². The van der Waals surface area contributed by atoms with Crippen LogP contribution in [-0.4, -0.2) is 36.8 Å². The minimum absolute atomic E-state index is 0.233. The molecule has 1 saturated heterocycles. The van der Waals surface area contributed by atoms with E-state index in [4.69, 9.17) is 19.7 Å². The van der Waals surface area contributed by atoms with Gasteiger partial charge in [0.05, 0.1) is 32.5 Å². The van der Waals surface area contributed by atoms with Gasteiger partial charge in [-0.05, 0) is 22.2 Å². The van der Waals surface area contributed by atoms with Crippen molar-refractivity contribution in [1.29, 1.82) is 0 Å². The zero-order chi connectivity index (χ0) is 24.3. The van der Waals surface area contributed by atoms with Crippen LogP contribution in [0.4, 0.5) is 0 Å². The number of benzene rings is 3. The van der Waals surface area contributed by atoms with E-state index in [1.165, 1.54) is 0 Å². The second-order valence-electron chi connectivity index (χ2n) is 8.28. The van der Waals surface area contributed by atoms with Crippen LogP contribution in [0.3, 0.4) is 0 Å². The summed E-state index contributed by atoms with van der Waals surface area (Å²) in [7, 11) is 0. The lowest BCUT2D eigenvalue weighted by atomic mass is 9.91. The molecule has 1 fully saturated rings. The van der Waals surface area contributed by atoms with Gasteiger partial charge in [0.15, 0.2) is 0 Å². The number of carbonyl (C=O) groups excluding carboxylic acids is 1. The highest BCUT2D eigenvalue weighted by atomic mass is 16.6. The largest absolute Gasteiger partial charge is 0.374 e. The van der Waals surface area contributed by atoms with E-state index in [-0.39, 0.29) is 12.5 Å². The third kappa shape index (κ3) is 6.91. The van der Waals surface area contributed by atoms with E-state index in [0.29, 0.717) is 19.8 Å². The maximum Gasteiger partial charge on any atom is 0.231 e. The van der Waals surface area contributed by atoms with Crippen LogP contribution in [0.1, 0.15) is 16.7 Å². The maximum absolute atomic E-state index is 12.1. The van der Waals surface area contributed by atoms with Crippen molar-refractivity contribution in [2.75, 3.05) is 6.61 Å². The first-order valence-electron chi connectivity index (χ1n) is 11.5. The minimum Gasteiger partial charge on any atom is -0.374 e. The van der Waals surface area contributed by atoms with Gasteiger partial charge in [0.25, 0.3) is 0 Å². The zero-order valence-corrected chi connectivity index (χ0v) is 19.3. The maximum atomic E-state index is 12.1. The highest BCUT2D eigenvalue weighted by molar-refractivity contribution is 5.89. The molecule has 1 heterocycles. The fourth-order valence-corrected chi connectivity index (χ4v) is 3.93. The summed E-state index contributed by atoms with van der Waals surface area (Å²) < 4.78 is 18.6. The first-order valence-corrected chi connectivity index (χ1v) is 11.5. The Morgan fingerprint density at radius 2 is 1.31 bits per heavy atom. The Morgan fingerprint density at radius 1 is 0.800 bits per heavy atom. The van der Waals surface area contributed by atoms with Crippen molar-refractivity contribution < 1.29 is 19.0 Å². The van der Waals surface area contributed by atoms with E-state index in [9.17, 15) is 4.79 Å². The first-order chi connectivity index (χ1) is 17.2. The van der Waals surface area contributed by atoms with Crippen LogP contribution in [0.25, 0.3) is 10.4 Å². The average Bonchev–Trinajstić information content (AvgIpc) is 2.91. The topological polar surface area (TPSA) is 106 Å². The molecule has 1 aliphatic heterocycles. The van der Waals surface area contributed by atoms with Gasteiger partial charge in [0, 0.05) is 4.91 Å². The zero-order valence-electron chi connectivity index (χ0n) is 19.3. The third-order valence-corrected chi connectivity index (χ3v) is 5.80. The van der Waals surface area contributed by atoms with E-state index in [2.05, 4.69) is 15.3 Å². The van der Waals surface area contributed by atoms with Crippen molar-refractivity contribution >= 4 is 5.91 Å². The molecule has 1 aliphatic rings. The standard InChI is InChI=1S/C27H28N4O4/c28-31-30-25-24(29-27(25)32)26(35-18-22-14-8-3-9-15-22)23(34-17-21-12-6-2-7-13-21)19-33-16-20-10-4-1-5-11-20/h1-15,23-26H,16-19H2,(H,29,32)/t23-,24+,25-,26-/m1/s1. The van der Waals surface area contributed by atoms with Gasteiger partial charge in [-0.25, -0.2) is 0 Å². The lowest BCUT2D eigenvalue weighted by Gasteiger charge is -2.42. The molecule has 0 saturated carbocycles. The fraction of sp³-hybridized carbons (Fsp3) is 0.296. The molecule has 8 nitrogen and oxygen atoms in total. The lowest BCUT2D eigenvalue weighted by Crippen LogP contribution is -2.69. The van der Waals surface area contributed by atoms with E-state index in [1.807, 2.05) is 91.0 Å². The van der Waals surface area contributed by atoms with Crippen molar-refractivity contribution in [2.24, 2.45) is 5.11 Å². The van der Waals surface area contributed by atoms with Crippen LogP contribution in [0.2, 0.25) is 0 Å². The summed E-state index contributed by atoms with van der Waals surface area (Å²) in [6.45, 7) is 1.30. The highest BCUT2D eigenvalue weighted by Gasteiger charge is 2.47. The van der Waals surface area contributed by atoms with Gasteiger partial charge < -0.3 is 19.5 Å². The second kappa shape index (κ2) is 12.7. The van der Waals surface area contributed by atoms with Crippen LogP contribution < -0.4 is 5.32 Å². The predicted octanol–water partition coefficient (Wildman–Crippen LogP) is 4.55. The molecule has 3 aromatic carbocycles. The van der Waals surface area contributed by atoms with Gasteiger partial charge in [-0.1, -0.05) is 96.1 Å². The fourth-order valence-electron chi connectivity index (χ4n) is 3.93. The van der Waals surface area contributed by atoms with Gasteiger partial charge in [-0.2, -0.15) is 0 Å². The molecule has 0 bridgehead atoms. The monoisotopic (exact) mass is 472 g/mol. The van der Waals surface area contributed by atoms with Gasteiger partial charge >= 0.3 is 0 Å². The molecule has 4 rings (SSSR count). The van der Waals surface area contributed by atoms with Crippen LogP contribution in [0, 0.1) is 0 Å². The number of rotatable bonds is 13. The van der Waals surface area contributed by atoms with Crippen molar-refractivity contribution in [3.05, 3.63) is 118 Å². The number of nitrogens with one attached hydrogen (secondary N) is 1. The summed E-state index contributed by atoms with van der Waals surface area (Å²) in [4.78, 5) is 15.0. The second-order valence-corrected chi connectivity index (χ2v) is 8.28. The minimum atomic E-state index is -0.863. The number of azide groups is 1. The van der Waals surface area contributed by atoms with E-state index < -0.39 is 24.3 Å². The Kier molecular flexibility index (Phi) is 8.86. The molecular formula is C27H28N4O4. The summed E-state index contributed by atoms with van der Waals surface area (Å²) in [6, 6.07) is 28.0. The highest BCUT2D eigenvalue weighted by Crippen LogP contribution is 2.24. The van der Waals surface area contributed by atoms with E-state index >= 15 is 0 Å². The quantitative estimate of drug-likeness (QED) is 0.170. The van der Waals surface area contributed by atoms with Gasteiger partial charge in [0.2, 0.25) is 5.91 Å². The Hall–Kier alpha value is -3.68. The molecule has 1 amide bonds. The molecule has 8 heteroatoms. The summed E-state index contributed by atoms with van der Waals surface area (Å²) in [5, 5.41) is 6.53.